The molecule has 0 saturated carbocycles. The molecule has 1 saturated heterocycles. The van der Waals surface area contributed by atoms with Crippen LogP contribution >= 0.6 is 15.6 Å². The number of allylic oxidation sites excluding steroid dienone is 9. The number of phosphoric acid groups is 2. The molecule has 0 aromatic carbocycles. The highest BCUT2D eigenvalue weighted by molar-refractivity contribution is 7.61. The second-order valence-corrected chi connectivity index (χ2v) is 21.3. The number of aromatic nitrogens is 2. The van der Waals surface area contributed by atoms with E-state index in [4.69, 9.17) is 29.0 Å². The predicted octanol–water partition coefficient (Wildman–Crippen LogP) is 10.1. The van der Waals surface area contributed by atoms with Gasteiger partial charge in [0.25, 0.3) is 0 Å². The Hall–Kier alpha value is -3.58. The molecule has 1 aliphatic heterocycles. The number of unbranched alkanes of at least 4 members (excludes halogenated alkanes) is 16. The topological polar surface area (TPSA) is 286 Å². The summed E-state index contributed by atoms with van der Waals surface area (Å²) in [7, 11) is -10.9. The number of nitrogen functional groups attached to an aromatic ring is 1. The smallest absolute Gasteiger partial charge is 0.462 e. The fourth-order valence-electron chi connectivity index (χ4n) is 7.53. The first-order valence-corrected chi connectivity index (χ1v) is 29.4. The number of phosphoric ester groups is 2. The molecule has 3 unspecified atom stereocenters. The van der Waals surface area contributed by atoms with Gasteiger partial charge in [-0.1, -0.05) is 152 Å². The largest absolute Gasteiger partial charge is 0.481 e. The number of rotatable bonds is 43. The van der Waals surface area contributed by atoms with E-state index in [2.05, 4.69) is 59.6 Å². The van der Waals surface area contributed by atoms with Gasteiger partial charge in [0.1, 0.15) is 30.7 Å². The number of ether oxygens (including phenoxy) is 3. The van der Waals surface area contributed by atoms with Crippen LogP contribution in [0.5, 0.6) is 0 Å². The number of carbonyl (C=O) groups is 2. The average Bonchev–Trinajstić information content (AvgIpc) is 3.62. The SMILES string of the molecule is CCCCC/C=C\C/C=C\CCCCCCCCCC(=O)OC[C@H](COP(=O)(O)OP(=O)(O)OC[C@H]1O[C@@H](n2ccc(N)nc2=O)[C@H](O)[C@@H]1O)OC(=O)CCCC(O)/C=C/C=C/C/C=C/CCCCCCCC. The molecule has 0 radical (unpaired) electrons. The molecule has 0 spiro atoms. The van der Waals surface area contributed by atoms with Crippen LogP contribution in [0.1, 0.15) is 181 Å². The van der Waals surface area contributed by atoms with Crippen molar-refractivity contribution >= 4 is 33.4 Å². The van der Waals surface area contributed by atoms with Crippen LogP contribution in [0.3, 0.4) is 0 Å². The van der Waals surface area contributed by atoms with Crippen molar-refractivity contribution in [2.24, 2.45) is 0 Å². The number of aliphatic hydroxyl groups is 3. The Morgan fingerprint density at radius 3 is 1.90 bits per heavy atom. The van der Waals surface area contributed by atoms with Crippen LogP contribution in [0.25, 0.3) is 0 Å². The molecule has 1 aliphatic rings. The summed E-state index contributed by atoms with van der Waals surface area (Å²) < 4.78 is 56.7. The van der Waals surface area contributed by atoms with Crippen molar-refractivity contribution in [3.63, 3.8) is 0 Å². The van der Waals surface area contributed by atoms with Crippen LogP contribution < -0.4 is 11.4 Å². The van der Waals surface area contributed by atoms with Gasteiger partial charge in [0.05, 0.1) is 19.3 Å². The lowest BCUT2D eigenvalue weighted by Gasteiger charge is -2.21. The van der Waals surface area contributed by atoms with Crippen LogP contribution in [0.2, 0.25) is 0 Å². The second-order valence-electron chi connectivity index (χ2n) is 18.2. The summed E-state index contributed by atoms with van der Waals surface area (Å²) in [6.45, 7) is 1.94. The molecule has 2 heterocycles. The quantitative estimate of drug-likeness (QED) is 0.0117. The molecule has 1 aromatic heterocycles. The van der Waals surface area contributed by atoms with Crippen LogP contribution in [0.15, 0.2) is 77.8 Å². The van der Waals surface area contributed by atoms with Crippen molar-refractivity contribution in [2.75, 3.05) is 25.6 Å². The summed E-state index contributed by atoms with van der Waals surface area (Å²) in [5.41, 5.74) is 4.57. The lowest BCUT2D eigenvalue weighted by atomic mass is 10.1. The molecule has 21 heteroatoms. The normalized spacial score (nSPS) is 19.9. The molecule has 19 nitrogen and oxygen atoms in total. The van der Waals surface area contributed by atoms with Crippen molar-refractivity contribution in [3.8, 4) is 0 Å². The molecule has 1 fully saturated rings. The van der Waals surface area contributed by atoms with E-state index in [0.717, 1.165) is 81.4 Å². The number of anilines is 1. The van der Waals surface area contributed by atoms with Crippen molar-refractivity contribution in [3.05, 3.63) is 83.5 Å². The van der Waals surface area contributed by atoms with E-state index >= 15 is 0 Å². The molecule has 0 aliphatic carbocycles. The zero-order valence-corrected chi connectivity index (χ0v) is 45.1. The predicted molar refractivity (Wildman–Crippen MR) is 281 cm³/mol. The van der Waals surface area contributed by atoms with E-state index < -0.39 is 89.8 Å². The Balaban J connectivity index is 1.85. The summed E-state index contributed by atoms with van der Waals surface area (Å²) in [5.74, 6) is -1.51. The Morgan fingerprint density at radius 1 is 0.726 bits per heavy atom. The van der Waals surface area contributed by atoms with Gasteiger partial charge in [0.2, 0.25) is 0 Å². The van der Waals surface area contributed by atoms with E-state index in [1.54, 1.807) is 12.2 Å². The molecule has 416 valence electrons. The number of nitrogens with two attached hydrogens (primary N) is 1. The number of esters is 2. The third-order valence-corrected chi connectivity index (χ3v) is 14.3. The fraction of sp³-hybridized carbons (Fsp3) is 0.692. The summed E-state index contributed by atoms with van der Waals surface area (Å²) in [6, 6.07) is 1.24. The molecule has 73 heavy (non-hydrogen) atoms. The third kappa shape index (κ3) is 32.5. The zero-order chi connectivity index (χ0) is 53.6. The van der Waals surface area contributed by atoms with Crippen molar-refractivity contribution < 1.29 is 71.4 Å². The molecule has 8 atom stereocenters. The van der Waals surface area contributed by atoms with E-state index in [0.29, 0.717) is 6.42 Å². The maximum absolute atomic E-state index is 12.9. The molecule has 2 rings (SSSR count). The number of hydrogen-bond donors (Lipinski definition) is 6. The van der Waals surface area contributed by atoms with Gasteiger partial charge in [-0.15, -0.1) is 0 Å². The summed E-state index contributed by atoms with van der Waals surface area (Å²) in [4.78, 5) is 62.0. The average molecular weight is 1070 g/mol. The molecular weight excluding hydrogens is 985 g/mol. The highest BCUT2D eigenvalue weighted by atomic mass is 31.3. The van der Waals surface area contributed by atoms with Crippen LogP contribution in [-0.4, -0.2) is 96.9 Å². The molecular formula is C52H87N3O16P2. The summed E-state index contributed by atoms with van der Waals surface area (Å²) >= 11 is 0. The van der Waals surface area contributed by atoms with Gasteiger partial charge in [-0.05, 0) is 76.7 Å². The Morgan fingerprint density at radius 2 is 1.27 bits per heavy atom. The first-order valence-electron chi connectivity index (χ1n) is 26.4. The molecule has 7 N–H and O–H groups in total. The Bertz CT molecular complexity index is 1980. The van der Waals surface area contributed by atoms with E-state index in [1.807, 2.05) is 12.2 Å². The van der Waals surface area contributed by atoms with Gasteiger partial charge in [0.15, 0.2) is 12.3 Å². The van der Waals surface area contributed by atoms with Crippen molar-refractivity contribution in [2.45, 2.75) is 211 Å². The van der Waals surface area contributed by atoms with Crippen molar-refractivity contribution in [1.29, 1.82) is 0 Å². The lowest BCUT2D eigenvalue weighted by Crippen LogP contribution is -2.36. The number of nitrogens with zero attached hydrogens (tertiary/aromatic N) is 2. The van der Waals surface area contributed by atoms with Gasteiger partial charge < -0.3 is 45.1 Å². The van der Waals surface area contributed by atoms with E-state index in [-0.39, 0.29) is 31.5 Å². The summed E-state index contributed by atoms with van der Waals surface area (Å²) in [5, 5.41) is 31.3. The molecule has 0 amide bonds. The Labute approximate surface area is 433 Å². The maximum atomic E-state index is 12.9. The third-order valence-electron chi connectivity index (χ3n) is 11.7. The van der Waals surface area contributed by atoms with Crippen LogP contribution in [0.4, 0.5) is 5.82 Å². The number of aliphatic hydroxyl groups excluding tert-OH is 3. The van der Waals surface area contributed by atoms with Crippen molar-refractivity contribution in [1.82, 2.24) is 9.55 Å². The van der Waals surface area contributed by atoms with E-state index in [1.165, 1.54) is 63.9 Å². The standard InChI is InChI=1S/C52H87N3O16P2/c1-3-5-7-9-11-13-15-17-18-19-20-22-24-26-28-30-32-36-47(57)66-40-44(69-48(58)37-33-35-43(56)34-31-29-27-25-23-21-16-14-12-10-8-6-4-2)41-67-72(62,63)71-73(64,65)68-42-45-49(59)50(60)51(70-45)55-39-38-46(53)54-52(55)61/h11,13,17-18,21,23,27,29,31,34,38-39,43-45,49-51,56,59-60H,3-10,12,14-16,19-20,22,24-26,28,30,32-33,35-37,40-42H2,1-2H3,(H,62,63)(H,64,65)(H2,53,54,61)/b13-11-,18-17-,23-21+,29-27+,34-31+/t43?,44-,45-,49-,50-,51-/m1/s1. The van der Waals surface area contributed by atoms with Gasteiger partial charge in [-0.2, -0.15) is 9.29 Å². The van der Waals surface area contributed by atoms with Gasteiger partial charge in [-0.25, -0.2) is 13.9 Å². The first kappa shape index (κ1) is 65.5. The van der Waals surface area contributed by atoms with Gasteiger partial charge in [-0.3, -0.25) is 23.2 Å². The number of hydrogen-bond acceptors (Lipinski definition) is 16. The van der Waals surface area contributed by atoms with Crippen LogP contribution in [0, 0.1) is 0 Å². The highest BCUT2D eigenvalue weighted by Gasteiger charge is 2.46. The molecule has 0 bridgehead atoms. The second kappa shape index (κ2) is 39.8. The minimum Gasteiger partial charge on any atom is -0.462 e. The minimum absolute atomic E-state index is 0.0767. The first-order chi connectivity index (χ1) is 35.1. The maximum Gasteiger partial charge on any atom is 0.481 e. The van der Waals surface area contributed by atoms with Crippen LogP contribution in [-0.2, 0) is 46.3 Å². The monoisotopic (exact) mass is 1070 g/mol. The Kier molecular flexibility index (Phi) is 35.7. The molecule has 1 aromatic rings. The van der Waals surface area contributed by atoms with Gasteiger partial charge >= 0.3 is 33.3 Å². The van der Waals surface area contributed by atoms with E-state index in [9.17, 15) is 48.6 Å². The fourth-order valence-corrected chi connectivity index (χ4v) is 9.64. The summed E-state index contributed by atoms with van der Waals surface area (Å²) in [6.07, 6.45) is 36.0. The lowest BCUT2D eigenvalue weighted by molar-refractivity contribution is -0.161. The highest BCUT2D eigenvalue weighted by Crippen LogP contribution is 2.60. The number of carbonyl (C=O) groups excluding carboxylic acids is 2. The zero-order valence-electron chi connectivity index (χ0n) is 43.3. The minimum atomic E-state index is -5.47. The van der Waals surface area contributed by atoms with Gasteiger partial charge in [0, 0.05) is 19.0 Å².